The molecule has 0 aliphatic carbocycles. The van der Waals surface area contributed by atoms with Crippen LogP contribution in [0.3, 0.4) is 0 Å². The van der Waals surface area contributed by atoms with E-state index in [1.807, 2.05) is 0 Å². The summed E-state index contributed by atoms with van der Waals surface area (Å²) in [6.45, 7) is 2.59. The number of nitrogens with one attached hydrogen (secondary N) is 1. The molecule has 0 saturated carbocycles. The fraction of sp³-hybridized carbons (Fsp3) is 0.533. The molecule has 6 nitrogen and oxygen atoms in total. The summed E-state index contributed by atoms with van der Waals surface area (Å²) in [5.41, 5.74) is -0.646. The molecule has 24 heavy (non-hydrogen) atoms. The summed E-state index contributed by atoms with van der Waals surface area (Å²) in [5.74, 6) is -0.827. The van der Waals surface area contributed by atoms with Crippen molar-refractivity contribution >= 4 is 38.4 Å². The maximum atomic E-state index is 14.2. The molecule has 2 aromatic rings. The Morgan fingerprint density at radius 1 is 1.33 bits per heavy atom. The fourth-order valence-corrected chi connectivity index (χ4v) is 4.64. The lowest BCUT2D eigenvalue weighted by atomic mass is 9.95. The summed E-state index contributed by atoms with van der Waals surface area (Å²) < 4.78 is 20.1. The summed E-state index contributed by atoms with van der Waals surface area (Å²) in [7, 11) is 0. The van der Waals surface area contributed by atoms with Gasteiger partial charge in [0.1, 0.15) is 22.1 Å². The third-order valence-corrected chi connectivity index (χ3v) is 5.80. The van der Waals surface area contributed by atoms with Gasteiger partial charge in [0, 0.05) is 0 Å². The van der Waals surface area contributed by atoms with Gasteiger partial charge in [0.25, 0.3) is 11.6 Å². The Balaban J connectivity index is 1.68. The molecule has 9 heteroatoms. The largest absolute Gasteiger partial charge is 0.463 e. The van der Waals surface area contributed by atoms with Crippen LogP contribution in [-0.2, 0) is 0 Å². The molecule has 2 saturated heterocycles. The first-order chi connectivity index (χ1) is 11.5. The number of halogens is 3. The van der Waals surface area contributed by atoms with Crippen LogP contribution < -0.4 is 10.3 Å². The number of rotatable bonds is 3. The van der Waals surface area contributed by atoms with Crippen molar-refractivity contribution in [3.63, 3.8) is 0 Å². The second kappa shape index (κ2) is 5.93. The predicted octanol–water partition coefficient (Wildman–Crippen LogP) is 2.88. The van der Waals surface area contributed by atoms with Crippen molar-refractivity contribution in [1.82, 2.24) is 19.9 Å². The van der Waals surface area contributed by atoms with Gasteiger partial charge in [-0.25, -0.2) is 9.37 Å². The Morgan fingerprint density at radius 2 is 2.04 bits per heavy atom. The number of ether oxygens (including phenoxy) is 1. The molecule has 0 bridgehead atoms. The number of fused-ring (bicyclic) bond motifs is 2. The average Bonchev–Trinajstić information content (AvgIpc) is 3.10. The van der Waals surface area contributed by atoms with Gasteiger partial charge in [-0.05, 0) is 54.7 Å². The van der Waals surface area contributed by atoms with Crippen LogP contribution in [0.25, 0.3) is 10.9 Å². The maximum absolute atomic E-state index is 14.2. The normalized spacial score (nSPS) is 19.8. The van der Waals surface area contributed by atoms with Gasteiger partial charge in [-0.15, -0.1) is 0 Å². The Bertz CT molecular complexity index is 865. The molecule has 2 aromatic heterocycles. The number of aromatic nitrogens is 3. The minimum absolute atomic E-state index is 0.00805. The van der Waals surface area contributed by atoms with Crippen molar-refractivity contribution in [2.45, 2.75) is 31.2 Å². The zero-order valence-electron chi connectivity index (χ0n) is 12.7. The lowest BCUT2D eigenvalue weighted by Gasteiger charge is -2.31. The van der Waals surface area contributed by atoms with Crippen LogP contribution in [0, 0.1) is 5.82 Å². The molecule has 0 amide bonds. The molecule has 0 atom stereocenters. The van der Waals surface area contributed by atoms with E-state index in [2.05, 4.69) is 35.8 Å². The third kappa shape index (κ3) is 2.51. The number of nitrogens with zero attached hydrogens (tertiary/aromatic N) is 3. The highest BCUT2D eigenvalue weighted by atomic mass is 79.9. The molecule has 0 spiro atoms. The summed E-state index contributed by atoms with van der Waals surface area (Å²) in [4.78, 5) is 25.1. The van der Waals surface area contributed by atoms with E-state index in [0.717, 1.165) is 38.8 Å². The van der Waals surface area contributed by atoms with Crippen molar-refractivity contribution in [1.29, 1.82) is 0 Å². The standard InChI is InChI=1S/C15H15BrClFN4O2/c16-11-8-10(9(18)12(17)20-11)19-14(21-13(8)23)24-7-15-3-1-5-22(15)6-2-4-15/h1-7H2,(H,19,21,23). The zero-order chi connectivity index (χ0) is 16.9. The van der Waals surface area contributed by atoms with Crippen LogP contribution in [0.4, 0.5) is 4.39 Å². The lowest BCUT2D eigenvalue weighted by molar-refractivity contribution is 0.107. The van der Waals surface area contributed by atoms with Gasteiger partial charge in [0.15, 0.2) is 11.0 Å². The van der Waals surface area contributed by atoms with Crippen molar-refractivity contribution in [2.24, 2.45) is 0 Å². The number of hydrogen-bond acceptors (Lipinski definition) is 5. The molecule has 2 aliphatic heterocycles. The Hall–Kier alpha value is -1.25. The minimum atomic E-state index is -0.827. The van der Waals surface area contributed by atoms with Gasteiger partial charge in [0.2, 0.25) is 0 Å². The van der Waals surface area contributed by atoms with Crippen molar-refractivity contribution in [2.75, 3.05) is 19.7 Å². The van der Waals surface area contributed by atoms with Crippen LogP contribution in [0.5, 0.6) is 6.01 Å². The molecular formula is C15H15BrClFN4O2. The number of aromatic amines is 1. The highest BCUT2D eigenvalue weighted by Gasteiger charge is 2.45. The molecule has 0 unspecified atom stereocenters. The van der Waals surface area contributed by atoms with Gasteiger partial charge >= 0.3 is 0 Å². The second-order valence-electron chi connectivity index (χ2n) is 6.31. The van der Waals surface area contributed by atoms with E-state index in [9.17, 15) is 9.18 Å². The minimum Gasteiger partial charge on any atom is -0.463 e. The molecule has 1 N–H and O–H groups in total. The van der Waals surface area contributed by atoms with Crippen LogP contribution in [0.1, 0.15) is 25.7 Å². The van der Waals surface area contributed by atoms with E-state index >= 15 is 0 Å². The van der Waals surface area contributed by atoms with E-state index in [0.29, 0.717) is 6.61 Å². The molecule has 2 fully saturated rings. The molecular weight excluding hydrogens is 403 g/mol. The van der Waals surface area contributed by atoms with Gasteiger partial charge in [-0.2, -0.15) is 4.98 Å². The van der Waals surface area contributed by atoms with Crippen LogP contribution in [0.15, 0.2) is 9.40 Å². The summed E-state index contributed by atoms with van der Waals surface area (Å²) in [6, 6.07) is 0.00805. The van der Waals surface area contributed by atoms with E-state index in [1.165, 1.54) is 0 Å². The van der Waals surface area contributed by atoms with Crippen LogP contribution in [-0.4, -0.2) is 45.1 Å². The van der Waals surface area contributed by atoms with Crippen molar-refractivity contribution in [3.8, 4) is 6.01 Å². The summed E-state index contributed by atoms with van der Waals surface area (Å²) in [5, 5.41) is -0.319. The van der Waals surface area contributed by atoms with Crippen molar-refractivity contribution in [3.05, 3.63) is 25.9 Å². The quantitative estimate of drug-likeness (QED) is 0.778. The number of pyridine rings is 1. The van der Waals surface area contributed by atoms with E-state index in [4.69, 9.17) is 16.3 Å². The van der Waals surface area contributed by atoms with Gasteiger partial charge < -0.3 is 4.74 Å². The topological polar surface area (TPSA) is 71.1 Å². The Labute approximate surface area is 150 Å². The fourth-order valence-electron chi connectivity index (χ4n) is 3.82. The van der Waals surface area contributed by atoms with Crippen LogP contribution in [0.2, 0.25) is 5.15 Å². The first kappa shape index (κ1) is 16.2. The zero-order valence-corrected chi connectivity index (χ0v) is 15.1. The van der Waals surface area contributed by atoms with Crippen molar-refractivity contribution < 1.29 is 9.13 Å². The highest BCUT2D eigenvalue weighted by Crippen LogP contribution is 2.39. The van der Waals surface area contributed by atoms with Gasteiger partial charge in [0.05, 0.1) is 5.54 Å². The predicted molar refractivity (Wildman–Crippen MR) is 91.1 cm³/mol. The smallest absolute Gasteiger partial charge is 0.297 e. The Kier molecular flexibility index (Phi) is 4.01. The second-order valence-corrected chi connectivity index (χ2v) is 7.42. The monoisotopic (exact) mass is 416 g/mol. The van der Waals surface area contributed by atoms with Crippen LogP contribution >= 0.6 is 27.5 Å². The average molecular weight is 418 g/mol. The molecule has 0 aromatic carbocycles. The molecule has 4 rings (SSSR count). The van der Waals surface area contributed by atoms with Gasteiger partial charge in [-0.3, -0.25) is 14.7 Å². The third-order valence-electron chi connectivity index (χ3n) is 4.98. The first-order valence-electron chi connectivity index (χ1n) is 7.83. The lowest BCUT2D eigenvalue weighted by Crippen LogP contribution is -2.43. The first-order valence-corrected chi connectivity index (χ1v) is 9.00. The molecule has 4 heterocycles. The van der Waals surface area contributed by atoms with E-state index in [-0.39, 0.29) is 32.2 Å². The number of H-pyrrole nitrogens is 1. The maximum Gasteiger partial charge on any atom is 0.297 e. The summed E-state index contributed by atoms with van der Waals surface area (Å²) in [6.07, 6.45) is 4.43. The van der Waals surface area contributed by atoms with E-state index in [1.54, 1.807) is 0 Å². The summed E-state index contributed by atoms with van der Waals surface area (Å²) >= 11 is 8.85. The van der Waals surface area contributed by atoms with E-state index < -0.39 is 11.4 Å². The molecule has 128 valence electrons. The molecule has 0 radical (unpaired) electrons. The van der Waals surface area contributed by atoms with Gasteiger partial charge in [-0.1, -0.05) is 11.6 Å². The SMILES string of the molecule is O=c1[nH]c(OCC23CCCN2CCC3)nc2c(F)c(Cl)nc(Br)c12. The number of hydrogen-bond donors (Lipinski definition) is 1. The Morgan fingerprint density at radius 3 is 2.75 bits per heavy atom. The molecule has 2 aliphatic rings. The highest BCUT2D eigenvalue weighted by molar-refractivity contribution is 9.10.